The third kappa shape index (κ3) is 4.32. The molecular weight excluding hydrogens is 234 g/mol. The Hall–Kier alpha value is -0.860. The van der Waals surface area contributed by atoms with Crippen molar-refractivity contribution in [2.45, 2.75) is 58.8 Å². The van der Waals surface area contributed by atoms with Gasteiger partial charge in [-0.05, 0) is 36.4 Å². The van der Waals surface area contributed by atoms with Crippen molar-refractivity contribution < 1.29 is 4.74 Å². The van der Waals surface area contributed by atoms with Crippen LogP contribution >= 0.6 is 0 Å². The summed E-state index contributed by atoms with van der Waals surface area (Å²) < 4.78 is 6.17. The summed E-state index contributed by atoms with van der Waals surface area (Å²) in [6.07, 6.45) is 5.72. The average Bonchev–Trinajstić information content (AvgIpc) is 2.45. The highest BCUT2D eigenvalue weighted by Gasteiger charge is 2.21. The van der Waals surface area contributed by atoms with Crippen molar-refractivity contribution in [3.05, 3.63) is 35.4 Å². The van der Waals surface area contributed by atoms with E-state index in [-0.39, 0.29) is 0 Å². The van der Waals surface area contributed by atoms with E-state index in [4.69, 9.17) is 4.74 Å². The normalized spacial score (nSPS) is 23.5. The van der Waals surface area contributed by atoms with Crippen LogP contribution in [-0.4, -0.2) is 12.6 Å². The first-order valence-electron chi connectivity index (χ1n) is 7.70. The molecule has 1 aliphatic rings. The van der Waals surface area contributed by atoms with Crippen LogP contribution in [0.5, 0.6) is 0 Å². The van der Waals surface area contributed by atoms with Crippen LogP contribution in [-0.2, 0) is 17.9 Å². The zero-order valence-corrected chi connectivity index (χ0v) is 12.3. The summed E-state index contributed by atoms with van der Waals surface area (Å²) in [6.45, 7) is 7.18. The standard InChI is InChI=1S/C17H27NO/c1-3-18-12-15-9-5-6-10-16(15)13-19-17-11-7-4-8-14(17)2/h5-6,9-10,14,17-18H,3-4,7-8,11-13H2,1-2H3. The Kier molecular flexibility index (Phi) is 5.87. The van der Waals surface area contributed by atoms with Gasteiger partial charge in [-0.15, -0.1) is 0 Å². The Morgan fingerprint density at radius 1 is 1.16 bits per heavy atom. The lowest BCUT2D eigenvalue weighted by Crippen LogP contribution is -2.25. The van der Waals surface area contributed by atoms with E-state index in [9.17, 15) is 0 Å². The molecule has 1 aromatic rings. The molecule has 0 saturated heterocycles. The molecule has 0 bridgehead atoms. The second-order valence-corrected chi connectivity index (χ2v) is 5.66. The van der Waals surface area contributed by atoms with Crippen molar-refractivity contribution >= 4 is 0 Å². The molecule has 1 N–H and O–H groups in total. The van der Waals surface area contributed by atoms with Gasteiger partial charge < -0.3 is 10.1 Å². The van der Waals surface area contributed by atoms with Crippen LogP contribution in [0, 0.1) is 5.92 Å². The van der Waals surface area contributed by atoms with Gasteiger partial charge in [0.05, 0.1) is 12.7 Å². The number of hydrogen-bond acceptors (Lipinski definition) is 2. The first-order valence-corrected chi connectivity index (χ1v) is 7.70. The van der Waals surface area contributed by atoms with Gasteiger partial charge in [0.25, 0.3) is 0 Å². The summed E-state index contributed by atoms with van der Waals surface area (Å²) >= 11 is 0. The average molecular weight is 261 g/mol. The Balaban J connectivity index is 1.91. The molecule has 2 atom stereocenters. The number of hydrogen-bond donors (Lipinski definition) is 1. The van der Waals surface area contributed by atoms with Crippen LogP contribution in [0.2, 0.25) is 0 Å². The zero-order chi connectivity index (χ0) is 13.5. The quantitative estimate of drug-likeness (QED) is 0.838. The molecule has 2 rings (SSSR count). The van der Waals surface area contributed by atoms with Crippen LogP contribution in [0.25, 0.3) is 0 Å². The van der Waals surface area contributed by atoms with Gasteiger partial charge in [-0.2, -0.15) is 0 Å². The van der Waals surface area contributed by atoms with Gasteiger partial charge >= 0.3 is 0 Å². The Morgan fingerprint density at radius 3 is 2.63 bits per heavy atom. The summed E-state index contributed by atoms with van der Waals surface area (Å²) in [5.74, 6) is 0.717. The van der Waals surface area contributed by atoms with Crippen LogP contribution in [0.4, 0.5) is 0 Å². The number of rotatable bonds is 6. The first-order chi connectivity index (χ1) is 9.31. The van der Waals surface area contributed by atoms with Crippen LogP contribution in [0.3, 0.4) is 0 Å². The van der Waals surface area contributed by atoms with Gasteiger partial charge in [0.15, 0.2) is 0 Å². The van der Waals surface area contributed by atoms with E-state index >= 15 is 0 Å². The van der Waals surface area contributed by atoms with Gasteiger partial charge in [-0.3, -0.25) is 0 Å². The molecule has 1 fully saturated rings. The van der Waals surface area contributed by atoms with E-state index in [0.717, 1.165) is 25.6 Å². The lowest BCUT2D eigenvalue weighted by atomic mass is 9.88. The Labute approximate surface area is 117 Å². The molecule has 0 heterocycles. The second-order valence-electron chi connectivity index (χ2n) is 5.66. The van der Waals surface area contributed by atoms with Gasteiger partial charge in [0.1, 0.15) is 0 Å². The smallest absolute Gasteiger partial charge is 0.0723 e. The van der Waals surface area contributed by atoms with Crippen molar-refractivity contribution in [2.75, 3.05) is 6.54 Å². The highest BCUT2D eigenvalue weighted by molar-refractivity contribution is 5.26. The molecular formula is C17H27NO. The summed E-state index contributed by atoms with van der Waals surface area (Å²) in [5, 5.41) is 3.40. The predicted octanol–water partition coefficient (Wildman–Crippen LogP) is 3.89. The molecule has 0 amide bonds. The lowest BCUT2D eigenvalue weighted by molar-refractivity contribution is -0.0157. The molecule has 0 radical (unpaired) electrons. The van der Waals surface area contributed by atoms with Gasteiger partial charge in [-0.25, -0.2) is 0 Å². The number of nitrogens with one attached hydrogen (secondary N) is 1. The number of ether oxygens (including phenoxy) is 1. The van der Waals surface area contributed by atoms with E-state index in [1.54, 1.807) is 0 Å². The van der Waals surface area contributed by atoms with Gasteiger partial charge in [0.2, 0.25) is 0 Å². The molecule has 2 nitrogen and oxygen atoms in total. The van der Waals surface area contributed by atoms with Crippen LogP contribution in [0.1, 0.15) is 50.7 Å². The van der Waals surface area contributed by atoms with E-state index < -0.39 is 0 Å². The van der Waals surface area contributed by atoms with Crippen molar-refractivity contribution in [2.24, 2.45) is 5.92 Å². The topological polar surface area (TPSA) is 21.3 Å². The minimum atomic E-state index is 0.459. The van der Waals surface area contributed by atoms with Crippen LogP contribution in [0.15, 0.2) is 24.3 Å². The maximum Gasteiger partial charge on any atom is 0.0723 e. The van der Waals surface area contributed by atoms with Crippen molar-refractivity contribution in [1.82, 2.24) is 5.32 Å². The molecule has 2 unspecified atom stereocenters. The highest BCUT2D eigenvalue weighted by atomic mass is 16.5. The predicted molar refractivity (Wildman–Crippen MR) is 80.0 cm³/mol. The molecule has 2 heteroatoms. The fraction of sp³-hybridized carbons (Fsp3) is 0.647. The first kappa shape index (κ1) is 14.5. The van der Waals surface area contributed by atoms with E-state index in [2.05, 4.69) is 43.4 Å². The maximum absolute atomic E-state index is 6.17. The molecule has 106 valence electrons. The largest absolute Gasteiger partial charge is 0.373 e. The minimum Gasteiger partial charge on any atom is -0.373 e. The zero-order valence-electron chi connectivity index (χ0n) is 12.3. The summed E-state index contributed by atoms with van der Waals surface area (Å²) in [4.78, 5) is 0. The van der Waals surface area contributed by atoms with E-state index in [1.807, 2.05) is 0 Å². The Morgan fingerprint density at radius 2 is 1.89 bits per heavy atom. The maximum atomic E-state index is 6.17. The third-order valence-corrected chi connectivity index (χ3v) is 4.17. The molecule has 0 spiro atoms. The molecule has 1 saturated carbocycles. The molecule has 0 aliphatic heterocycles. The van der Waals surface area contributed by atoms with Gasteiger partial charge in [0, 0.05) is 6.54 Å². The summed E-state index contributed by atoms with van der Waals surface area (Å²) in [5.41, 5.74) is 2.70. The van der Waals surface area contributed by atoms with E-state index in [1.165, 1.54) is 36.8 Å². The summed E-state index contributed by atoms with van der Waals surface area (Å²) in [7, 11) is 0. The highest BCUT2D eigenvalue weighted by Crippen LogP contribution is 2.27. The molecule has 1 aliphatic carbocycles. The second kappa shape index (κ2) is 7.66. The molecule has 19 heavy (non-hydrogen) atoms. The molecule has 1 aromatic carbocycles. The Bertz CT molecular complexity index is 377. The monoisotopic (exact) mass is 261 g/mol. The van der Waals surface area contributed by atoms with E-state index in [0.29, 0.717) is 6.10 Å². The molecule has 0 aromatic heterocycles. The fourth-order valence-electron chi connectivity index (χ4n) is 2.86. The van der Waals surface area contributed by atoms with Crippen molar-refractivity contribution in [3.8, 4) is 0 Å². The minimum absolute atomic E-state index is 0.459. The SMILES string of the molecule is CCNCc1ccccc1COC1CCCCC1C. The number of benzene rings is 1. The van der Waals surface area contributed by atoms with Crippen LogP contribution < -0.4 is 5.32 Å². The summed E-state index contributed by atoms with van der Waals surface area (Å²) in [6, 6.07) is 8.61. The third-order valence-electron chi connectivity index (χ3n) is 4.17. The van der Waals surface area contributed by atoms with Crippen molar-refractivity contribution in [1.29, 1.82) is 0 Å². The lowest BCUT2D eigenvalue weighted by Gasteiger charge is -2.29. The van der Waals surface area contributed by atoms with Gasteiger partial charge in [-0.1, -0.05) is 51.0 Å². The van der Waals surface area contributed by atoms with Crippen molar-refractivity contribution in [3.63, 3.8) is 0 Å². The fourth-order valence-corrected chi connectivity index (χ4v) is 2.86.